The number of H-pyrrole nitrogens is 1. The second kappa shape index (κ2) is 3.62. The van der Waals surface area contributed by atoms with E-state index >= 15 is 0 Å². The highest BCUT2D eigenvalue weighted by Crippen LogP contribution is 2.21. The molecular weight excluding hydrogens is 210 g/mol. The number of pyridine rings is 1. The first-order chi connectivity index (χ1) is 7.13. The van der Waals surface area contributed by atoms with E-state index in [0.717, 1.165) is 10.4 Å². The average Bonchev–Trinajstić information content (AvgIpc) is 2.25. The third-order valence-electron chi connectivity index (χ3n) is 2.36. The Morgan fingerprint density at radius 1 is 1.40 bits per heavy atom. The van der Waals surface area contributed by atoms with Gasteiger partial charge in [0.1, 0.15) is 0 Å². The Morgan fingerprint density at radius 2 is 2.13 bits per heavy atom. The lowest BCUT2D eigenvalue weighted by molar-refractivity contribution is 0.464. The van der Waals surface area contributed by atoms with Crippen LogP contribution in [0.4, 0.5) is 0 Å². The molecule has 0 saturated carbocycles. The molecule has 1 aromatic carbocycles. The lowest BCUT2D eigenvalue weighted by Crippen LogP contribution is -2.04. The zero-order valence-corrected chi connectivity index (χ0v) is 9.31. The van der Waals surface area contributed by atoms with Crippen molar-refractivity contribution in [2.24, 2.45) is 0 Å². The van der Waals surface area contributed by atoms with Gasteiger partial charge in [-0.1, -0.05) is 0 Å². The van der Waals surface area contributed by atoms with Crippen LogP contribution in [0, 0.1) is 6.92 Å². The fourth-order valence-corrected chi connectivity index (χ4v) is 1.95. The molecule has 0 atom stereocenters. The molecule has 0 aliphatic carbocycles. The number of aromatic nitrogens is 1. The van der Waals surface area contributed by atoms with Crippen LogP contribution in [0.1, 0.15) is 5.69 Å². The number of rotatable bonds is 1. The molecule has 0 bridgehead atoms. The molecule has 0 aliphatic heterocycles. The SMILES string of the molecule is CSc1ccc2c(=O)c(O)c(C)[nH]c2c1. The summed E-state index contributed by atoms with van der Waals surface area (Å²) >= 11 is 1.62. The summed E-state index contributed by atoms with van der Waals surface area (Å²) in [4.78, 5) is 15.8. The highest BCUT2D eigenvalue weighted by atomic mass is 32.2. The van der Waals surface area contributed by atoms with Crippen molar-refractivity contribution in [2.75, 3.05) is 6.26 Å². The lowest BCUT2D eigenvalue weighted by Gasteiger charge is -2.04. The quantitative estimate of drug-likeness (QED) is 0.726. The summed E-state index contributed by atoms with van der Waals surface area (Å²) in [6, 6.07) is 5.52. The molecule has 2 N–H and O–H groups in total. The smallest absolute Gasteiger partial charge is 0.231 e. The molecule has 15 heavy (non-hydrogen) atoms. The van der Waals surface area contributed by atoms with Crippen molar-refractivity contribution >= 4 is 22.7 Å². The highest BCUT2D eigenvalue weighted by molar-refractivity contribution is 7.98. The second-order valence-corrected chi connectivity index (χ2v) is 4.22. The summed E-state index contributed by atoms with van der Waals surface area (Å²) in [6.45, 7) is 1.68. The maximum Gasteiger partial charge on any atom is 0.231 e. The van der Waals surface area contributed by atoms with Gasteiger partial charge in [0, 0.05) is 10.3 Å². The number of hydrogen-bond donors (Lipinski definition) is 2. The van der Waals surface area contributed by atoms with Gasteiger partial charge < -0.3 is 10.1 Å². The maximum atomic E-state index is 11.7. The number of thioether (sulfide) groups is 1. The maximum absolute atomic E-state index is 11.7. The summed E-state index contributed by atoms with van der Waals surface area (Å²) in [5.74, 6) is -0.195. The minimum Gasteiger partial charge on any atom is -0.503 e. The van der Waals surface area contributed by atoms with Gasteiger partial charge in [0.15, 0.2) is 5.75 Å². The number of aromatic amines is 1. The molecule has 0 amide bonds. The molecule has 0 aliphatic rings. The first-order valence-electron chi connectivity index (χ1n) is 4.53. The van der Waals surface area contributed by atoms with Crippen LogP contribution < -0.4 is 5.43 Å². The lowest BCUT2D eigenvalue weighted by atomic mass is 10.2. The summed E-state index contributed by atoms with van der Waals surface area (Å²) in [5.41, 5.74) is 0.960. The number of nitrogens with one attached hydrogen (secondary N) is 1. The zero-order valence-electron chi connectivity index (χ0n) is 8.50. The van der Waals surface area contributed by atoms with E-state index < -0.39 is 0 Å². The molecule has 2 aromatic rings. The minimum atomic E-state index is -0.311. The van der Waals surface area contributed by atoms with Crippen LogP contribution in [0.2, 0.25) is 0 Å². The Morgan fingerprint density at radius 3 is 2.80 bits per heavy atom. The first-order valence-corrected chi connectivity index (χ1v) is 5.75. The van der Waals surface area contributed by atoms with E-state index in [1.54, 1.807) is 24.8 Å². The molecular formula is C11H11NO2S. The van der Waals surface area contributed by atoms with Crippen LogP contribution in [-0.4, -0.2) is 16.3 Å². The van der Waals surface area contributed by atoms with Gasteiger partial charge in [-0.05, 0) is 31.4 Å². The van der Waals surface area contributed by atoms with Crippen molar-refractivity contribution in [1.29, 1.82) is 0 Å². The number of hydrogen-bond acceptors (Lipinski definition) is 3. The second-order valence-electron chi connectivity index (χ2n) is 3.34. The molecule has 1 aromatic heterocycles. The normalized spacial score (nSPS) is 10.8. The summed E-state index contributed by atoms with van der Waals surface area (Å²) in [5, 5.41) is 10.0. The van der Waals surface area contributed by atoms with Crippen molar-refractivity contribution in [3.8, 4) is 5.75 Å². The predicted molar refractivity (Wildman–Crippen MR) is 62.8 cm³/mol. The first kappa shape index (κ1) is 10.1. The molecule has 78 valence electrons. The van der Waals surface area contributed by atoms with Crippen LogP contribution in [0.5, 0.6) is 5.75 Å². The van der Waals surface area contributed by atoms with Crippen LogP contribution in [0.15, 0.2) is 27.9 Å². The Kier molecular flexibility index (Phi) is 2.44. The Balaban J connectivity index is 2.86. The molecule has 0 saturated heterocycles. The van der Waals surface area contributed by atoms with E-state index in [4.69, 9.17) is 0 Å². The predicted octanol–water partition coefficient (Wildman–Crippen LogP) is 2.26. The number of fused-ring (bicyclic) bond motifs is 1. The number of aryl methyl sites for hydroxylation is 1. The van der Waals surface area contributed by atoms with Crippen LogP contribution in [0.25, 0.3) is 10.9 Å². The fourth-order valence-electron chi connectivity index (χ4n) is 1.51. The van der Waals surface area contributed by atoms with E-state index in [9.17, 15) is 9.90 Å². The molecule has 1 heterocycles. The Hall–Kier alpha value is -1.42. The molecule has 0 radical (unpaired) electrons. The highest BCUT2D eigenvalue weighted by Gasteiger charge is 2.07. The average molecular weight is 221 g/mol. The van der Waals surface area contributed by atoms with Gasteiger partial charge in [-0.25, -0.2) is 0 Å². The van der Waals surface area contributed by atoms with E-state index in [1.165, 1.54) is 0 Å². The fraction of sp³-hybridized carbons (Fsp3) is 0.182. The van der Waals surface area contributed by atoms with Gasteiger partial charge >= 0.3 is 0 Å². The van der Waals surface area contributed by atoms with Gasteiger partial charge in [0.2, 0.25) is 5.43 Å². The monoisotopic (exact) mass is 221 g/mol. The van der Waals surface area contributed by atoms with Gasteiger partial charge in [0.05, 0.1) is 11.2 Å². The van der Waals surface area contributed by atoms with E-state index in [2.05, 4.69) is 4.98 Å². The third-order valence-corrected chi connectivity index (χ3v) is 3.09. The summed E-state index contributed by atoms with van der Waals surface area (Å²) in [6.07, 6.45) is 1.98. The molecule has 0 fully saturated rings. The van der Waals surface area contributed by atoms with Crippen molar-refractivity contribution in [2.45, 2.75) is 11.8 Å². The molecule has 2 rings (SSSR count). The molecule has 4 heteroatoms. The Bertz CT molecular complexity index is 575. The van der Waals surface area contributed by atoms with Gasteiger partial charge in [-0.3, -0.25) is 4.79 Å². The topological polar surface area (TPSA) is 53.1 Å². The third kappa shape index (κ3) is 1.61. The van der Waals surface area contributed by atoms with Crippen molar-refractivity contribution < 1.29 is 5.11 Å². The van der Waals surface area contributed by atoms with Gasteiger partial charge in [-0.2, -0.15) is 0 Å². The molecule has 0 spiro atoms. The Labute approximate surface area is 91.1 Å². The zero-order chi connectivity index (χ0) is 11.0. The van der Waals surface area contributed by atoms with Gasteiger partial charge in [0.25, 0.3) is 0 Å². The van der Waals surface area contributed by atoms with E-state index in [1.807, 2.05) is 18.4 Å². The minimum absolute atomic E-state index is 0.195. The van der Waals surface area contributed by atoms with Crippen LogP contribution in [0.3, 0.4) is 0 Å². The van der Waals surface area contributed by atoms with E-state index in [-0.39, 0.29) is 11.2 Å². The number of aromatic hydroxyl groups is 1. The standard InChI is InChI=1S/C11H11NO2S/c1-6-10(13)11(14)8-4-3-7(15-2)5-9(8)12-6/h3-5,13H,1-2H3,(H,12,14). The van der Waals surface area contributed by atoms with Crippen molar-refractivity contribution in [3.05, 3.63) is 34.1 Å². The van der Waals surface area contributed by atoms with Crippen LogP contribution >= 0.6 is 11.8 Å². The van der Waals surface area contributed by atoms with E-state index in [0.29, 0.717) is 11.1 Å². The van der Waals surface area contributed by atoms with Crippen molar-refractivity contribution in [1.82, 2.24) is 4.98 Å². The summed E-state index contributed by atoms with van der Waals surface area (Å²) in [7, 11) is 0. The molecule has 3 nitrogen and oxygen atoms in total. The van der Waals surface area contributed by atoms with Gasteiger partial charge in [-0.15, -0.1) is 11.8 Å². The summed E-state index contributed by atoms with van der Waals surface area (Å²) < 4.78 is 0. The number of benzene rings is 1. The largest absolute Gasteiger partial charge is 0.503 e. The molecule has 0 unspecified atom stereocenters. The van der Waals surface area contributed by atoms with Crippen molar-refractivity contribution in [3.63, 3.8) is 0 Å². The van der Waals surface area contributed by atoms with Crippen LogP contribution in [-0.2, 0) is 0 Å².